The molecule has 1 aromatic rings. The lowest BCUT2D eigenvalue weighted by atomic mass is 9.78. The van der Waals surface area contributed by atoms with Crippen molar-refractivity contribution < 1.29 is 9.41 Å². The number of hydrogen-bond acceptors (Lipinski definition) is 7. The van der Waals surface area contributed by atoms with Crippen LogP contribution >= 0.6 is 11.8 Å². The van der Waals surface area contributed by atoms with Gasteiger partial charge in [0, 0.05) is 19.1 Å². The molecule has 2 aliphatic rings. The highest BCUT2D eigenvalue weighted by molar-refractivity contribution is 7.98. The van der Waals surface area contributed by atoms with Gasteiger partial charge in [-0.15, -0.1) is 10.2 Å². The van der Waals surface area contributed by atoms with Crippen molar-refractivity contribution in [3.8, 4) is 0 Å². The highest BCUT2D eigenvalue weighted by Gasteiger charge is 2.51. The van der Waals surface area contributed by atoms with Gasteiger partial charge in [0.1, 0.15) is 6.17 Å². The molecule has 0 spiro atoms. The molecule has 0 aromatic carbocycles. The zero-order chi connectivity index (χ0) is 15.9. The second kappa shape index (κ2) is 6.29. The third kappa shape index (κ3) is 2.70. The molecule has 6 nitrogen and oxygen atoms in total. The number of rotatable bonds is 4. The van der Waals surface area contributed by atoms with Crippen molar-refractivity contribution in [2.45, 2.75) is 55.5 Å². The van der Waals surface area contributed by atoms with Crippen LogP contribution in [0.25, 0.3) is 0 Å². The van der Waals surface area contributed by atoms with Crippen LogP contribution in [-0.2, 0) is 0 Å². The first-order valence-corrected chi connectivity index (χ1v) is 8.81. The molecule has 2 fully saturated rings. The molecule has 4 atom stereocenters. The van der Waals surface area contributed by atoms with Crippen molar-refractivity contribution in [3.63, 3.8) is 0 Å². The largest absolute Gasteiger partial charge is 0.437 e. The minimum absolute atomic E-state index is 0.211. The summed E-state index contributed by atoms with van der Waals surface area (Å²) >= 11 is 1.43. The van der Waals surface area contributed by atoms with Crippen LogP contribution in [0.1, 0.15) is 19.3 Å². The molecule has 0 saturated carbocycles. The Bertz CT molecular complexity index is 522. The Morgan fingerprint density at radius 3 is 2.82 bits per heavy atom. The van der Waals surface area contributed by atoms with Crippen molar-refractivity contribution in [3.05, 3.63) is 6.20 Å². The van der Waals surface area contributed by atoms with Crippen LogP contribution < -0.4 is 4.90 Å². The molecule has 9 heteroatoms. The molecule has 0 radical (unpaired) electrons. The minimum Gasteiger partial charge on any atom is -0.437 e. The van der Waals surface area contributed by atoms with E-state index in [2.05, 4.69) is 15.2 Å². The molecule has 22 heavy (non-hydrogen) atoms. The van der Waals surface area contributed by atoms with Crippen LogP contribution in [0.5, 0.6) is 0 Å². The molecule has 2 bridgehead atoms. The molecule has 2 aliphatic heterocycles. The zero-order valence-corrected chi connectivity index (χ0v) is 13.9. The van der Waals surface area contributed by atoms with Gasteiger partial charge < -0.3 is 14.7 Å². The minimum atomic E-state index is -1.01. The highest BCUT2D eigenvalue weighted by Crippen LogP contribution is 2.40. The Labute approximate surface area is 134 Å². The Balaban J connectivity index is 1.77. The lowest BCUT2D eigenvalue weighted by Crippen LogP contribution is -2.60. The second-order valence-corrected chi connectivity index (χ2v) is 6.81. The van der Waals surface area contributed by atoms with Crippen molar-refractivity contribution in [2.24, 2.45) is 0 Å². The molecule has 1 N–H and O–H groups in total. The number of thioether (sulfide) groups is 1. The fourth-order valence-electron chi connectivity index (χ4n) is 3.80. The topological polar surface area (TPSA) is 65.4 Å². The fourth-order valence-corrected chi connectivity index (χ4v) is 4.08. The zero-order valence-electron chi connectivity index (χ0n) is 13.1. The third-order valence-electron chi connectivity index (χ3n) is 4.85. The number of alkyl halides is 1. The van der Waals surface area contributed by atoms with Crippen molar-refractivity contribution in [1.29, 1.82) is 0 Å². The van der Waals surface area contributed by atoms with E-state index < -0.39 is 13.2 Å². The number of nitrogens with zero attached hydrogens (tertiary/aromatic N) is 5. The van der Waals surface area contributed by atoms with E-state index in [0.29, 0.717) is 17.4 Å². The van der Waals surface area contributed by atoms with Crippen LogP contribution in [0.4, 0.5) is 10.2 Å². The summed E-state index contributed by atoms with van der Waals surface area (Å²) in [4.78, 5) is 7.98. The average Bonchev–Trinajstić information content (AvgIpc) is 2.88. The van der Waals surface area contributed by atoms with E-state index in [1.165, 1.54) is 11.8 Å². The van der Waals surface area contributed by atoms with Crippen molar-refractivity contribution >= 4 is 24.6 Å². The number of halogens is 1. The van der Waals surface area contributed by atoms with E-state index in [0.717, 1.165) is 12.8 Å². The van der Waals surface area contributed by atoms with Crippen LogP contribution in [0.15, 0.2) is 11.4 Å². The summed E-state index contributed by atoms with van der Waals surface area (Å²) in [7, 11) is 1.25. The highest BCUT2D eigenvalue weighted by atomic mass is 32.2. The van der Waals surface area contributed by atoms with Gasteiger partial charge in [0.2, 0.25) is 5.16 Å². The van der Waals surface area contributed by atoms with Gasteiger partial charge in [-0.05, 0) is 32.3 Å². The SMILES string of the molecule is CSc1ncc(N(C)[C@@H]2C[C@H]3CC[C@@H]([C@@H]2F)N3B(C)O)nn1. The maximum absolute atomic E-state index is 15.0. The van der Waals surface area contributed by atoms with Crippen LogP contribution in [0.2, 0.25) is 6.82 Å². The van der Waals surface area contributed by atoms with Gasteiger partial charge in [-0.1, -0.05) is 11.8 Å². The van der Waals surface area contributed by atoms with Crippen molar-refractivity contribution in [1.82, 2.24) is 20.0 Å². The first-order chi connectivity index (χ1) is 10.5. The summed E-state index contributed by atoms with van der Waals surface area (Å²) in [5, 5.41) is 18.7. The van der Waals surface area contributed by atoms with Crippen molar-refractivity contribution in [2.75, 3.05) is 18.2 Å². The van der Waals surface area contributed by atoms with Gasteiger partial charge in [-0.2, -0.15) is 0 Å². The molecule has 0 unspecified atom stereocenters. The first kappa shape index (κ1) is 16.0. The van der Waals surface area contributed by atoms with E-state index in [9.17, 15) is 9.41 Å². The first-order valence-electron chi connectivity index (χ1n) is 7.59. The fraction of sp³-hybridized carbons (Fsp3) is 0.769. The third-order valence-corrected chi connectivity index (χ3v) is 5.40. The van der Waals surface area contributed by atoms with Gasteiger partial charge in [0.25, 0.3) is 0 Å². The van der Waals surface area contributed by atoms with Gasteiger partial charge in [-0.3, -0.25) is 0 Å². The predicted octanol–water partition coefficient (Wildman–Crippen LogP) is 1.08. The van der Waals surface area contributed by atoms with Crippen LogP contribution in [0.3, 0.4) is 0 Å². The van der Waals surface area contributed by atoms with E-state index in [4.69, 9.17) is 0 Å². The smallest absolute Gasteiger partial charge is 0.376 e. The van der Waals surface area contributed by atoms with Crippen LogP contribution in [0, 0.1) is 0 Å². The monoisotopic (exact) mass is 325 g/mol. The van der Waals surface area contributed by atoms with Gasteiger partial charge in [-0.25, -0.2) is 9.37 Å². The summed E-state index contributed by atoms with van der Waals surface area (Å²) in [5.41, 5.74) is 0. The Kier molecular flexibility index (Phi) is 4.56. The molecular weight excluding hydrogens is 304 g/mol. The quantitative estimate of drug-likeness (QED) is 0.656. The van der Waals surface area contributed by atoms with E-state index in [-0.39, 0.29) is 18.1 Å². The normalized spacial score (nSPS) is 31.3. The van der Waals surface area contributed by atoms with Gasteiger partial charge >= 0.3 is 7.05 Å². The molecule has 3 rings (SSSR count). The molecule has 1 aromatic heterocycles. The molecule has 0 aliphatic carbocycles. The summed E-state index contributed by atoms with van der Waals surface area (Å²) in [5.74, 6) is 0.593. The van der Waals surface area contributed by atoms with E-state index >= 15 is 0 Å². The number of aromatic nitrogens is 3. The number of fused-ring (bicyclic) bond motifs is 2. The Morgan fingerprint density at radius 1 is 1.45 bits per heavy atom. The number of hydrogen-bond donors (Lipinski definition) is 1. The maximum atomic E-state index is 15.0. The molecule has 2 saturated heterocycles. The summed E-state index contributed by atoms with van der Waals surface area (Å²) in [6.45, 7) is 1.72. The van der Waals surface area contributed by atoms with Gasteiger partial charge in [0.05, 0.1) is 12.2 Å². The Hall–Kier alpha value is -0.925. The lowest BCUT2D eigenvalue weighted by Gasteiger charge is -2.45. The number of piperidine rings is 1. The molecule has 3 heterocycles. The summed E-state index contributed by atoms with van der Waals surface area (Å²) < 4.78 is 15.0. The summed E-state index contributed by atoms with van der Waals surface area (Å²) in [6, 6.07) is -0.225. The Morgan fingerprint density at radius 2 is 2.23 bits per heavy atom. The maximum Gasteiger partial charge on any atom is 0.376 e. The van der Waals surface area contributed by atoms with Gasteiger partial charge in [0.15, 0.2) is 5.82 Å². The average molecular weight is 325 g/mol. The van der Waals surface area contributed by atoms with Crippen LogP contribution in [-0.4, -0.2) is 69.7 Å². The van der Waals surface area contributed by atoms with E-state index in [1.54, 1.807) is 13.0 Å². The predicted molar refractivity (Wildman–Crippen MR) is 85.8 cm³/mol. The molecular formula is C13H21BFN5OS. The lowest BCUT2D eigenvalue weighted by molar-refractivity contribution is 0.0962. The number of anilines is 1. The molecule has 120 valence electrons. The standard InChI is InChI=1S/C13H21BFN5OS/c1-14(21)20-8-4-5-9(20)12(15)10(6-8)19(2)11-7-16-13(22-3)18-17-11/h7-10,12,21H,4-6H2,1-3H3/t8-,9+,10-,12+/m1/s1. The van der Waals surface area contributed by atoms with E-state index in [1.807, 2.05) is 23.0 Å². The molecule has 0 amide bonds. The second-order valence-electron chi connectivity index (χ2n) is 6.04. The summed E-state index contributed by atoms with van der Waals surface area (Å²) in [6.07, 6.45) is 4.95.